The van der Waals surface area contributed by atoms with Crippen molar-refractivity contribution < 1.29 is 19.1 Å². The van der Waals surface area contributed by atoms with Crippen LogP contribution in [0.5, 0.6) is 0 Å². The van der Waals surface area contributed by atoms with Gasteiger partial charge in [-0.05, 0) is 30.4 Å². The molecule has 0 aliphatic rings. The molecule has 0 aliphatic carbocycles. The van der Waals surface area contributed by atoms with Gasteiger partial charge >= 0.3 is 5.97 Å². The monoisotopic (exact) mass is 424 g/mol. The molecule has 5 heteroatoms. The molecule has 0 fully saturated rings. The molecule has 1 N–H and O–H groups in total. The maximum Gasteiger partial charge on any atom is 0.303 e. The van der Waals surface area contributed by atoms with Crippen molar-refractivity contribution in [3.8, 4) is 0 Å². The van der Waals surface area contributed by atoms with Crippen molar-refractivity contribution in [1.29, 1.82) is 0 Å². The van der Waals surface area contributed by atoms with Crippen LogP contribution in [-0.2, 0) is 9.53 Å². The van der Waals surface area contributed by atoms with Crippen LogP contribution >= 0.6 is 0 Å². The van der Waals surface area contributed by atoms with Crippen LogP contribution in [0.1, 0.15) is 104 Å². The van der Waals surface area contributed by atoms with Gasteiger partial charge in [0.2, 0.25) is 0 Å². The van der Waals surface area contributed by atoms with E-state index in [1.54, 1.807) is 6.26 Å². The number of aliphatic hydroxyl groups excluding tert-OH is 1. The van der Waals surface area contributed by atoms with Crippen LogP contribution in [0, 0.1) is 0 Å². The highest BCUT2D eigenvalue weighted by molar-refractivity contribution is 6.91. The van der Waals surface area contributed by atoms with E-state index in [1.165, 1.54) is 45.4 Å². The van der Waals surface area contributed by atoms with Gasteiger partial charge in [-0.15, -0.1) is 0 Å². The molecule has 0 amide bonds. The van der Waals surface area contributed by atoms with E-state index in [2.05, 4.69) is 39.9 Å². The summed E-state index contributed by atoms with van der Waals surface area (Å²) in [4.78, 5) is 11.6. The molecule has 0 aromatic carbocycles. The third-order valence-corrected chi connectivity index (χ3v) is 11.7. The highest BCUT2D eigenvalue weighted by Crippen LogP contribution is 2.36. The molecule has 1 aromatic rings. The molecule has 0 spiro atoms. The Labute approximate surface area is 179 Å². The number of rotatable bonds is 14. The molecule has 1 unspecified atom stereocenters. The normalized spacial score (nSPS) is 13.5. The highest BCUT2D eigenvalue weighted by atomic mass is 28.3. The Morgan fingerprint density at radius 2 is 1.55 bits per heavy atom. The lowest BCUT2D eigenvalue weighted by Crippen LogP contribution is -2.48. The van der Waals surface area contributed by atoms with Crippen molar-refractivity contribution in [2.24, 2.45) is 0 Å². The number of esters is 1. The van der Waals surface area contributed by atoms with E-state index in [9.17, 15) is 4.79 Å². The Bertz CT molecular complexity index is 586. The second-order valence-electron chi connectivity index (χ2n) is 9.91. The Hall–Kier alpha value is -1.07. The van der Waals surface area contributed by atoms with Crippen LogP contribution in [0.3, 0.4) is 0 Å². The summed E-state index contributed by atoms with van der Waals surface area (Å²) in [6.45, 7) is 13.3. The quantitative estimate of drug-likeness (QED) is 0.210. The number of furan rings is 1. The van der Waals surface area contributed by atoms with Gasteiger partial charge in [0.1, 0.15) is 14.2 Å². The fourth-order valence-corrected chi connectivity index (χ4v) is 5.01. The zero-order chi connectivity index (χ0) is 21.9. The van der Waals surface area contributed by atoms with Crippen molar-refractivity contribution >= 4 is 19.4 Å². The Morgan fingerprint density at radius 3 is 2.03 bits per heavy atom. The number of carbonyl (C=O) groups excluding carboxylic acids is 1. The molecule has 1 aromatic heterocycles. The van der Waals surface area contributed by atoms with E-state index in [-0.39, 0.29) is 17.1 Å². The van der Waals surface area contributed by atoms with Crippen molar-refractivity contribution in [3.05, 3.63) is 17.9 Å². The first kappa shape index (κ1) is 26.0. The lowest BCUT2D eigenvalue weighted by molar-refractivity contribution is -0.147. The first-order valence-electron chi connectivity index (χ1n) is 11.5. The average molecular weight is 425 g/mol. The number of aliphatic hydroxyl groups is 1. The van der Waals surface area contributed by atoms with E-state index in [0.29, 0.717) is 6.61 Å². The minimum absolute atomic E-state index is 0.201. The van der Waals surface area contributed by atoms with Gasteiger partial charge in [-0.2, -0.15) is 0 Å². The van der Waals surface area contributed by atoms with E-state index in [0.717, 1.165) is 36.6 Å². The van der Waals surface area contributed by atoms with Gasteiger partial charge in [-0.1, -0.05) is 78.8 Å². The molecule has 0 aliphatic heterocycles. The van der Waals surface area contributed by atoms with Gasteiger partial charge in [0, 0.05) is 19.1 Å². The standard InChI is InChI=1S/C24H44O4Si/c1-20(26)28-22(16-14-12-10-8-7-9-11-13-15-17-25)21-18-23(27-19-21)29(5,6)24(2,3)4/h18-19,22,25H,7-17H2,1-6H3. The molecule has 1 rings (SSSR count). The molecular formula is C24H44O4Si. The molecule has 1 atom stereocenters. The average Bonchev–Trinajstić information content (AvgIpc) is 3.11. The smallest absolute Gasteiger partial charge is 0.303 e. The Kier molecular flexibility index (Phi) is 11.3. The van der Waals surface area contributed by atoms with Gasteiger partial charge < -0.3 is 14.3 Å². The summed E-state index contributed by atoms with van der Waals surface area (Å²) in [7, 11) is -1.73. The van der Waals surface area contributed by atoms with Crippen LogP contribution in [0.15, 0.2) is 16.7 Å². The van der Waals surface area contributed by atoms with Gasteiger partial charge in [-0.25, -0.2) is 0 Å². The fourth-order valence-electron chi connectivity index (χ4n) is 3.39. The SMILES string of the molecule is CC(=O)OC(CCCCCCCCCCCO)c1coc([Si](C)(C)C(C)(C)C)c1. The summed E-state index contributed by atoms with van der Waals surface area (Å²) >= 11 is 0. The summed E-state index contributed by atoms with van der Waals surface area (Å²) in [6.07, 6.45) is 13.0. The molecule has 29 heavy (non-hydrogen) atoms. The van der Waals surface area contributed by atoms with Crippen LogP contribution in [0.2, 0.25) is 18.1 Å². The van der Waals surface area contributed by atoms with Crippen LogP contribution in [0.4, 0.5) is 0 Å². The fraction of sp³-hybridized carbons (Fsp3) is 0.792. The Morgan fingerprint density at radius 1 is 1.03 bits per heavy atom. The number of hydrogen-bond acceptors (Lipinski definition) is 4. The third kappa shape index (κ3) is 9.08. The topological polar surface area (TPSA) is 59.7 Å². The number of carbonyl (C=O) groups is 1. The maximum absolute atomic E-state index is 11.6. The second-order valence-corrected chi connectivity index (χ2v) is 15.2. The predicted octanol–water partition coefficient (Wildman–Crippen LogP) is 6.49. The van der Waals surface area contributed by atoms with Crippen molar-refractivity contribution in [1.82, 2.24) is 0 Å². The minimum Gasteiger partial charge on any atom is -0.474 e. The summed E-state index contributed by atoms with van der Waals surface area (Å²) < 4.78 is 11.6. The lowest BCUT2D eigenvalue weighted by atomic mass is 10.0. The van der Waals surface area contributed by atoms with Crippen LogP contribution in [-0.4, -0.2) is 25.8 Å². The first-order chi connectivity index (χ1) is 13.6. The van der Waals surface area contributed by atoms with Gasteiger partial charge in [0.15, 0.2) is 0 Å². The first-order valence-corrected chi connectivity index (χ1v) is 14.5. The Balaban J connectivity index is 2.48. The molecule has 0 radical (unpaired) electrons. The molecule has 1 heterocycles. The second kappa shape index (κ2) is 12.6. The van der Waals surface area contributed by atoms with E-state index >= 15 is 0 Å². The predicted molar refractivity (Wildman–Crippen MR) is 123 cm³/mol. The third-order valence-electron chi connectivity index (χ3n) is 6.42. The summed E-state index contributed by atoms with van der Waals surface area (Å²) in [5.74, 6) is -0.229. The molecule has 168 valence electrons. The van der Waals surface area contributed by atoms with Crippen LogP contribution < -0.4 is 5.38 Å². The number of unbranched alkanes of at least 4 members (excludes halogenated alkanes) is 8. The van der Waals surface area contributed by atoms with Gasteiger partial charge in [-0.3, -0.25) is 4.79 Å². The summed E-state index contributed by atoms with van der Waals surface area (Å²) in [6, 6.07) is 2.14. The summed E-state index contributed by atoms with van der Waals surface area (Å²) in [5, 5.41) is 10.1. The van der Waals surface area contributed by atoms with Crippen molar-refractivity contribution in [2.75, 3.05) is 6.61 Å². The van der Waals surface area contributed by atoms with Crippen molar-refractivity contribution in [2.45, 2.75) is 116 Å². The van der Waals surface area contributed by atoms with Crippen molar-refractivity contribution in [3.63, 3.8) is 0 Å². The largest absolute Gasteiger partial charge is 0.474 e. The van der Waals surface area contributed by atoms with Gasteiger partial charge in [0.05, 0.1) is 11.6 Å². The van der Waals surface area contributed by atoms with Crippen LogP contribution in [0.25, 0.3) is 0 Å². The minimum atomic E-state index is -1.73. The molecule has 0 saturated carbocycles. The zero-order valence-corrected chi connectivity index (χ0v) is 20.7. The molecular weight excluding hydrogens is 380 g/mol. The van der Waals surface area contributed by atoms with E-state index < -0.39 is 8.07 Å². The van der Waals surface area contributed by atoms with E-state index in [1.807, 2.05) is 0 Å². The number of hydrogen-bond donors (Lipinski definition) is 1. The lowest BCUT2D eigenvalue weighted by Gasteiger charge is -2.34. The molecule has 0 bridgehead atoms. The maximum atomic E-state index is 11.6. The molecule has 0 saturated heterocycles. The highest BCUT2D eigenvalue weighted by Gasteiger charge is 2.40. The summed E-state index contributed by atoms with van der Waals surface area (Å²) in [5.41, 5.74) is 1.00. The number of ether oxygens (including phenoxy) is 1. The zero-order valence-electron chi connectivity index (χ0n) is 19.7. The molecule has 4 nitrogen and oxygen atoms in total. The van der Waals surface area contributed by atoms with Gasteiger partial charge in [0.25, 0.3) is 0 Å². The van der Waals surface area contributed by atoms with E-state index in [4.69, 9.17) is 14.3 Å².